The number of aliphatic hydroxyl groups is 12. The molecule has 0 aromatic heterocycles. The molecule has 0 aliphatic carbocycles. The monoisotopic (exact) mass is 1270 g/mol. The lowest BCUT2D eigenvalue weighted by Crippen LogP contribution is -2.68. The average Bonchev–Trinajstić information content (AvgIpc) is 1.39. The summed E-state index contributed by atoms with van der Waals surface area (Å²) in [6, 6.07) is -2.36. The molecule has 24 nitrogen and oxygen atoms in total. The van der Waals surface area contributed by atoms with Crippen molar-refractivity contribution in [3.63, 3.8) is 0 Å². The molecule has 24 heteroatoms. The maximum absolute atomic E-state index is 13.3. The van der Waals surface area contributed by atoms with E-state index < -0.39 is 160 Å². The molecule has 3 rings (SSSR count). The molecular weight excluding hydrogens is 1150 g/mol. The second-order valence-electron chi connectivity index (χ2n) is 24.9. The molecule has 3 aliphatic rings. The standard InChI is InChI=1S/C64H118N2O22/c1-3-5-7-9-11-13-15-17-19-21-23-25-27-29-31-54(74)65-46(47(71)30-28-26-24-22-20-18-16-14-12-10-8-6-4-2)40-85-42-53-61(80)59(78)45(50(36-68)86-53)39-84-41-52-58(77)44(57(76)51(37-69)87-52)32-33-83-43-64(63(81)82)34-48(72)56(66-55(75)38-70)62(88-64)60(79)49(73)35-67/h28,30,44-53,56-62,67-73,76-80H,3-27,29,31-43H2,1-2H3,(H,65,74)(H,66,75)(H,81,82)/b30-28+/t44?,45?,46-,47+,48?,49?,50?,51?,52?,53?,56?,57?,58?,59?,60?,61?,62?,64?/m0/s1. The first-order chi connectivity index (χ1) is 42.4. The number of hydrogen-bond donors (Lipinski definition) is 15. The van der Waals surface area contributed by atoms with Gasteiger partial charge in [0.2, 0.25) is 11.8 Å². The van der Waals surface area contributed by atoms with Crippen LogP contribution in [-0.2, 0) is 42.8 Å². The number of amides is 2. The molecule has 3 fully saturated rings. The highest BCUT2D eigenvalue weighted by Crippen LogP contribution is 2.35. The third-order valence-corrected chi connectivity index (χ3v) is 17.7. The highest BCUT2D eigenvalue weighted by molar-refractivity contribution is 5.79. The number of unbranched alkanes of at least 4 members (excludes halogenated alkanes) is 24. The number of aliphatic hydroxyl groups excluding tert-OH is 12. The third kappa shape index (κ3) is 28.7. The zero-order valence-corrected chi connectivity index (χ0v) is 53.0. The first-order valence-electron chi connectivity index (χ1n) is 33.5. The molecule has 3 saturated heterocycles. The molecule has 16 unspecified atom stereocenters. The Hall–Kier alpha value is -2.57. The number of carboxylic acid groups (broad SMARTS) is 1. The molecule has 2 amide bonds. The maximum atomic E-state index is 13.3. The zero-order chi connectivity index (χ0) is 64.7. The largest absolute Gasteiger partial charge is 0.479 e. The van der Waals surface area contributed by atoms with E-state index >= 15 is 0 Å². The lowest BCUT2D eigenvalue weighted by molar-refractivity contribution is -0.245. The Kier molecular flexibility index (Phi) is 42.1. The summed E-state index contributed by atoms with van der Waals surface area (Å²) >= 11 is 0. The van der Waals surface area contributed by atoms with Crippen molar-refractivity contribution in [2.24, 2.45) is 11.8 Å². The van der Waals surface area contributed by atoms with Crippen LogP contribution in [0, 0.1) is 11.8 Å². The summed E-state index contributed by atoms with van der Waals surface area (Å²) in [7, 11) is 0. The molecule has 3 aliphatic heterocycles. The number of hydrogen-bond acceptors (Lipinski definition) is 21. The van der Waals surface area contributed by atoms with Crippen LogP contribution in [-0.4, -0.2) is 247 Å². The van der Waals surface area contributed by atoms with Gasteiger partial charge in [0.25, 0.3) is 0 Å². The van der Waals surface area contributed by atoms with Crippen LogP contribution in [0.2, 0.25) is 0 Å². The van der Waals surface area contributed by atoms with Crippen LogP contribution < -0.4 is 10.6 Å². The molecule has 0 saturated carbocycles. The summed E-state index contributed by atoms with van der Waals surface area (Å²) in [4.78, 5) is 38.0. The van der Waals surface area contributed by atoms with Crippen molar-refractivity contribution < 1.29 is 109 Å². The second kappa shape index (κ2) is 46.5. The van der Waals surface area contributed by atoms with Gasteiger partial charge in [-0.25, -0.2) is 4.79 Å². The van der Waals surface area contributed by atoms with Gasteiger partial charge < -0.3 is 105 Å². The third-order valence-electron chi connectivity index (χ3n) is 17.7. The van der Waals surface area contributed by atoms with Crippen LogP contribution >= 0.6 is 0 Å². The Labute approximate surface area is 523 Å². The van der Waals surface area contributed by atoms with E-state index in [4.69, 9.17) is 28.4 Å². The molecule has 0 aromatic carbocycles. The highest BCUT2D eigenvalue weighted by Gasteiger charge is 2.55. The summed E-state index contributed by atoms with van der Waals surface area (Å²) in [5.41, 5.74) is -2.39. The smallest absolute Gasteiger partial charge is 0.338 e. The van der Waals surface area contributed by atoms with Crippen molar-refractivity contribution in [1.82, 2.24) is 10.6 Å². The van der Waals surface area contributed by atoms with Gasteiger partial charge in [0.05, 0.1) is 102 Å². The van der Waals surface area contributed by atoms with Gasteiger partial charge in [-0.15, -0.1) is 0 Å². The number of ether oxygens (including phenoxy) is 6. The molecule has 0 radical (unpaired) electrons. The van der Waals surface area contributed by atoms with E-state index in [0.717, 1.165) is 44.9 Å². The van der Waals surface area contributed by atoms with Gasteiger partial charge in [-0.2, -0.15) is 0 Å². The minimum absolute atomic E-state index is 0.145. The second-order valence-corrected chi connectivity index (χ2v) is 24.9. The van der Waals surface area contributed by atoms with Gasteiger partial charge >= 0.3 is 5.97 Å². The minimum atomic E-state index is -2.39. The van der Waals surface area contributed by atoms with E-state index in [1.165, 1.54) is 116 Å². The quantitative estimate of drug-likeness (QED) is 0.0307. The number of nitrogens with one attached hydrogen (secondary N) is 2. The van der Waals surface area contributed by atoms with Gasteiger partial charge in [-0.1, -0.05) is 174 Å². The number of carboxylic acids is 1. The topological polar surface area (TPSA) is 394 Å². The van der Waals surface area contributed by atoms with Crippen LogP contribution in [0.25, 0.3) is 0 Å². The number of rotatable bonds is 51. The van der Waals surface area contributed by atoms with Crippen LogP contribution in [0.5, 0.6) is 0 Å². The van der Waals surface area contributed by atoms with E-state index in [1.807, 2.05) is 6.08 Å². The molecular formula is C64H118N2O22. The first kappa shape index (κ1) is 79.7. The van der Waals surface area contributed by atoms with Crippen molar-refractivity contribution in [1.29, 1.82) is 0 Å². The lowest BCUT2D eigenvalue weighted by Gasteiger charge is -2.47. The summed E-state index contributed by atoms with van der Waals surface area (Å²) in [6.45, 7) is -1.11. The van der Waals surface area contributed by atoms with E-state index in [1.54, 1.807) is 6.08 Å². The average molecular weight is 1270 g/mol. The van der Waals surface area contributed by atoms with Crippen molar-refractivity contribution in [2.45, 2.75) is 297 Å². The van der Waals surface area contributed by atoms with Crippen LogP contribution in [0.1, 0.15) is 200 Å². The van der Waals surface area contributed by atoms with Crippen molar-refractivity contribution >= 4 is 17.8 Å². The first-order valence-corrected chi connectivity index (χ1v) is 33.5. The van der Waals surface area contributed by atoms with Crippen LogP contribution in [0.3, 0.4) is 0 Å². The number of allylic oxidation sites excluding steroid dienone is 1. The fourth-order valence-electron chi connectivity index (χ4n) is 12.1. The van der Waals surface area contributed by atoms with Gasteiger partial charge in [0.1, 0.15) is 49.3 Å². The summed E-state index contributed by atoms with van der Waals surface area (Å²) in [6.07, 6.45) is 14.8. The molecule has 88 heavy (non-hydrogen) atoms. The maximum Gasteiger partial charge on any atom is 0.338 e. The lowest BCUT2D eigenvalue weighted by atomic mass is 9.83. The van der Waals surface area contributed by atoms with E-state index in [0.29, 0.717) is 12.8 Å². The van der Waals surface area contributed by atoms with Crippen molar-refractivity contribution in [3.05, 3.63) is 12.2 Å². The van der Waals surface area contributed by atoms with Crippen LogP contribution in [0.4, 0.5) is 0 Å². The Morgan fingerprint density at radius 2 is 1.10 bits per heavy atom. The predicted octanol–water partition coefficient (Wildman–Crippen LogP) is 2.76. The SMILES string of the molecule is CCCCCCCCCCCCC/C=C/[C@@H](O)[C@H](COCC1OC(CO)C(COCC2OC(CO)C(O)C(CCOCC3(C(=O)O)CC(O)C(NC(=O)CO)C(C(O)C(O)CO)O3)C2O)C(O)C1O)NC(=O)CCCCCCCCCCCCCCCC. The zero-order valence-electron chi connectivity index (χ0n) is 53.0. The van der Waals surface area contributed by atoms with Gasteiger partial charge in [-0.3, -0.25) is 9.59 Å². The Morgan fingerprint density at radius 3 is 1.64 bits per heavy atom. The summed E-state index contributed by atoms with van der Waals surface area (Å²) < 4.78 is 35.1. The number of carbonyl (C=O) groups is 3. The van der Waals surface area contributed by atoms with E-state index in [9.17, 15) is 80.8 Å². The number of aliphatic carboxylic acids is 1. The molecule has 18 atom stereocenters. The van der Waals surface area contributed by atoms with Crippen molar-refractivity contribution in [3.8, 4) is 0 Å². The molecule has 3 heterocycles. The molecule has 0 aromatic rings. The highest BCUT2D eigenvalue weighted by atomic mass is 16.6. The fraction of sp³-hybridized carbons (Fsp3) is 0.922. The van der Waals surface area contributed by atoms with E-state index in [-0.39, 0.29) is 45.4 Å². The Bertz CT molecular complexity index is 1840. The summed E-state index contributed by atoms with van der Waals surface area (Å²) in [5, 5.41) is 143. The molecule has 15 N–H and O–H groups in total. The molecule has 516 valence electrons. The molecule has 0 spiro atoms. The van der Waals surface area contributed by atoms with Gasteiger partial charge in [0, 0.05) is 31.3 Å². The minimum Gasteiger partial charge on any atom is -0.479 e. The van der Waals surface area contributed by atoms with E-state index in [2.05, 4.69) is 24.5 Å². The fourth-order valence-corrected chi connectivity index (χ4v) is 12.1. The Morgan fingerprint density at radius 1 is 0.591 bits per heavy atom. The van der Waals surface area contributed by atoms with Crippen molar-refractivity contribution in [2.75, 3.05) is 66.1 Å². The normalized spacial score (nSPS) is 29.0. The van der Waals surface area contributed by atoms with Gasteiger partial charge in [0.15, 0.2) is 5.60 Å². The summed E-state index contributed by atoms with van der Waals surface area (Å²) in [5.74, 6) is -4.96. The van der Waals surface area contributed by atoms with Crippen LogP contribution in [0.15, 0.2) is 12.2 Å². The molecule has 0 bridgehead atoms. The predicted molar refractivity (Wildman–Crippen MR) is 327 cm³/mol. The Balaban J connectivity index is 1.54. The van der Waals surface area contributed by atoms with Gasteiger partial charge in [-0.05, 0) is 25.7 Å². The number of carbonyl (C=O) groups excluding carboxylic acids is 2.